The molecule has 0 amide bonds. The highest BCUT2D eigenvalue weighted by atomic mass is 35.5. The van der Waals surface area contributed by atoms with Crippen LogP contribution in [0.25, 0.3) is 11.0 Å². The van der Waals surface area contributed by atoms with Crippen LogP contribution in [0.3, 0.4) is 0 Å². The molecule has 4 heteroatoms. The minimum atomic E-state index is -0.342. The Bertz CT molecular complexity index is 577. The van der Waals surface area contributed by atoms with Crippen LogP contribution in [0.1, 0.15) is 25.7 Å². The van der Waals surface area contributed by atoms with Gasteiger partial charge in [0, 0.05) is 23.4 Å². The van der Waals surface area contributed by atoms with Crippen molar-refractivity contribution in [2.24, 2.45) is 0 Å². The third-order valence-corrected chi connectivity index (χ3v) is 3.16. The van der Waals surface area contributed by atoms with Gasteiger partial charge in [0.15, 0.2) is 0 Å². The summed E-state index contributed by atoms with van der Waals surface area (Å²) >= 11 is 5.61. The molecule has 0 aliphatic carbocycles. The molecule has 0 fully saturated rings. The predicted octanol–water partition coefficient (Wildman–Crippen LogP) is 3.97. The molecule has 0 aliphatic heterocycles. The lowest BCUT2D eigenvalue weighted by Crippen LogP contribution is -1.98. The average Bonchev–Trinajstić information content (AvgIpc) is 2.42. The molecule has 0 saturated heterocycles. The molecule has 1 aromatic heterocycles. The first-order valence-corrected chi connectivity index (χ1v) is 7.06. The quantitative estimate of drug-likeness (QED) is 0.438. The van der Waals surface area contributed by atoms with Gasteiger partial charge in [-0.3, -0.25) is 0 Å². The van der Waals surface area contributed by atoms with Gasteiger partial charge in [0.2, 0.25) is 0 Å². The van der Waals surface area contributed by atoms with E-state index >= 15 is 0 Å². The van der Waals surface area contributed by atoms with Gasteiger partial charge in [-0.05, 0) is 31.0 Å². The number of alkyl halides is 1. The third-order valence-electron chi connectivity index (χ3n) is 2.89. The molecule has 0 radical (unpaired) electrons. The SMILES string of the molecule is O=c1ccc2ccc(OCCCCCCCl)cc2o1. The minimum Gasteiger partial charge on any atom is -0.493 e. The van der Waals surface area contributed by atoms with Crippen molar-refractivity contribution in [1.29, 1.82) is 0 Å². The molecule has 1 aromatic carbocycles. The maximum atomic E-state index is 11.1. The highest BCUT2D eigenvalue weighted by Crippen LogP contribution is 2.19. The third kappa shape index (κ3) is 4.28. The Morgan fingerprint density at radius 3 is 2.68 bits per heavy atom. The highest BCUT2D eigenvalue weighted by molar-refractivity contribution is 6.17. The summed E-state index contributed by atoms with van der Waals surface area (Å²) in [5, 5.41) is 0.897. The van der Waals surface area contributed by atoms with E-state index in [0.29, 0.717) is 12.2 Å². The van der Waals surface area contributed by atoms with Gasteiger partial charge in [0.05, 0.1) is 6.61 Å². The molecule has 0 spiro atoms. The van der Waals surface area contributed by atoms with Crippen LogP contribution in [0, 0.1) is 0 Å². The van der Waals surface area contributed by atoms with Crippen molar-refractivity contribution >= 4 is 22.6 Å². The fourth-order valence-corrected chi connectivity index (χ4v) is 2.06. The monoisotopic (exact) mass is 280 g/mol. The van der Waals surface area contributed by atoms with Gasteiger partial charge in [-0.2, -0.15) is 0 Å². The van der Waals surface area contributed by atoms with E-state index in [1.807, 2.05) is 12.1 Å². The van der Waals surface area contributed by atoms with Crippen LogP contribution in [-0.4, -0.2) is 12.5 Å². The van der Waals surface area contributed by atoms with E-state index in [0.717, 1.165) is 42.7 Å². The molecule has 1 heterocycles. The first-order chi connectivity index (χ1) is 9.29. The van der Waals surface area contributed by atoms with Crippen LogP contribution in [0.15, 0.2) is 39.5 Å². The summed E-state index contributed by atoms with van der Waals surface area (Å²) in [4.78, 5) is 11.1. The van der Waals surface area contributed by atoms with Crippen LogP contribution in [-0.2, 0) is 0 Å². The average molecular weight is 281 g/mol. The lowest BCUT2D eigenvalue weighted by atomic mass is 10.2. The summed E-state index contributed by atoms with van der Waals surface area (Å²) < 4.78 is 10.8. The lowest BCUT2D eigenvalue weighted by molar-refractivity contribution is 0.305. The number of benzene rings is 1. The van der Waals surface area contributed by atoms with Gasteiger partial charge < -0.3 is 9.15 Å². The fourth-order valence-electron chi connectivity index (χ4n) is 1.87. The molecule has 0 bridgehead atoms. The zero-order valence-corrected chi connectivity index (χ0v) is 11.5. The number of hydrogen-bond donors (Lipinski definition) is 0. The smallest absolute Gasteiger partial charge is 0.336 e. The topological polar surface area (TPSA) is 39.4 Å². The first kappa shape index (κ1) is 13.9. The fraction of sp³-hybridized carbons (Fsp3) is 0.400. The summed E-state index contributed by atoms with van der Waals surface area (Å²) in [5.41, 5.74) is 0.220. The molecule has 102 valence electrons. The van der Waals surface area contributed by atoms with Crippen LogP contribution in [0.2, 0.25) is 0 Å². The van der Waals surface area contributed by atoms with E-state index in [-0.39, 0.29) is 5.63 Å². The van der Waals surface area contributed by atoms with Crippen molar-refractivity contribution in [2.45, 2.75) is 25.7 Å². The van der Waals surface area contributed by atoms with Crippen LogP contribution < -0.4 is 10.4 Å². The van der Waals surface area contributed by atoms with Crippen molar-refractivity contribution < 1.29 is 9.15 Å². The molecule has 0 aliphatic rings. The maximum Gasteiger partial charge on any atom is 0.336 e. The van der Waals surface area contributed by atoms with E-state index in [4.69, 9.17) is 20.8 Å². The second-order valence-electron chi connectivity index (χ2n) is 4.41. The highest BCUT2D eigenvalue weighted by Gasteiger charge is 2.00. The first-order valence-electron chi connectivity index (χ1n) is 6.52. The second kappa shape index (κ2) is 7.19. The largest absolute Gasteiger partial charge is 0.493 e. The van der Waals surface area contributed by atoms with E-state index in [1.165, 1.54) is 6.07 Å². The van der Waals surface area contributed by atoms with Crippen molar-refractivity contribution in [3.05, 3.63) is 40.8 Å². The van der Waals surface area contributed by atoms with E-state index in [1.54, 1.807) is 12.1 Å². The zero-order valence-electron chi connectivity index (χ0n) is 10.7. The molecular formula is C15H17ClO3. The van der Waals surface area contributed by atoms with Crippen LogP contribution >= 0.6 is 11.6 Å². The predicted molar refractivity (Wildman–Crippen MR) is 77.2 cm³/mol. The normalized spacial score (nSPS) is 10.8. The second-order valence-corrected chi connectivity index (χ2v) is 4.78. The number of unbranched alkanes of at least 4 members (excludes halogenated alkanes) is 3. The Morgan fingerprint density at radius 2 is 1.84 bits per heavy atom. The maximum absolute atomic E-state index is 11.1. The van der Waals surface area contributed by atoms with Crippen molar-refractivity contribution in [3.63, 3.8) is 0 Å². The molecule has 19 heavy (non-hydrogen) atoms. The molecule has 0 atom stereocenters. The number of halogens is 1. The summed E-state index contributed by atoms with van der Waals surface area (Å²) in [7, 11) is 0. The molecule has 0 unspecified atom stereocenters. The Balaban J connectivity index is 1.88. The van der Waals surface area contributed by atoms with Gasteiger partial charge in [0.1, 0.15) is 11.3 Å². The summed E-state index contributed by atoms with van der Waals surface area (Å²) in [6.07, 6.45) is 4.32. The summed E-state index contributed by atoms with van der Waals surface area (Å²) in [5.74, 6) is 1.46. The van der Waals surface area contributed by atoms with Gasteiger partial charge in [-0.25, -0.2) is 4.79 Å². The van der Waals surface area contributed by atoms with Gasteiger partial charge in [-0.1, -0.05) is 12.8 Å². The minimum absolute atomic E-state index is 0.342. The van der Waals surface area contributed by atoms with Gasteiger partial charge in [0.25, 0.3) is 0 Å². The molecular weight excluding hydrogens is 264 g/mol. The number of hydrogen-bond acceptors (Lipinski definition) is 3. The molecule has 0 N–H and O–H groups in total. The number of ether oxygens (including phenoxy) is 1. The van der Waals surface area contributed by atoms with Gasteiger partial charge >= 0.3 is 5.63 Å². The van der Waals surface area contributed by atoms with Crippen LogP contribution in [0.4, 0.5) is 0 Å². The van der Waals surface area contributed by atoms with Crippen molar-refractivity contribution in [3.8, 4) is 5.75 Å². The molecule has 2 rings (SSSR count). The Labute approximate surface area is 117 Å². The Hall–Kier alpha value is -1.48. The number of fused-ring (bicyclic) bond motifs is 1. The van der Waals surface area contributed by atoms with Crippen LogP contribution in [0.5, 0.6) is 5.75 Å². The Kier molecular flexibility index (Phi) is 5.28. The summed E-state index contributed by atoms with van der Waals surface area (Å²) in [6.45, 7) is 0.671. The van der Waals surface area contributed by atoms with E-state index in [2.05, 4.69) is 0 Å². The van der Waals surface area contributed by atoms with E-state index < -0.39 is 0 Å². The lowest BCUT2D eigenvalue weighted by Gasteiger charge is -2.06. The van der Waals surface area contributed by atoms with Gasteiger partial charge in [-0.15, -0.1) is 11.6 Å². The summed E-state index contributed by atoms with van der Waals surface area (Å²) in [6, 6.07) is 8.70. The standard InChI is InChI=1S/C15H17ClO3/c16-9-3-1-2-4-10-18-13-7-5-12-6-8-15(17)19-14(12)11-13/h5-8,11H,1-4,9-10H2. The number of rotatable bonds is 7. The van der Waals surface area contributed by atoms with Crippen molar-refractivity contribution in [1.82, 2.24) is 0 Å². The molecule has 3 nitrogen and oxygen atoms in total. The molecule has 0 saturated carbocycles. The van der Waals surface area contributed by atoms with Crippen molar-refractivity contribution in [2.75, 3.05) is 12.5 Å². The zero-order chi connectivity index (χ0) is 13.5. The molecule has 2 aromatic rings. The Morgan fingerprint density at radius 1 is 1.05 bits per heavy atom. The van der Waals surface area contributed by atoms with E-state index in [9.17, 15) is 4.79 Å².